The van der Waals surface area contributed by atoms with Gasteiger partial charge in [0, 0.05) is 16.3 Å². The summed E-state index contributed by atoms with van der Waals surface area (Å²) >= 11 is 6.01. The Labute approximate surface area is 210 Å². The van der Waals surface area contributed by atoms with E-state index in [1.165, 1.54) is 0 Å². The van der Waals surface area contributed by atoms with Crippen molar-refractivity contribution in [3.63, 3.8) is 0 Å². The lowest BCUT2D eigenvalue weighted by Gasteiger charge is -2.38. The molecule has 1 aliphatic carbocycles. The highest BCUT2D eigenvalue weighted by atomic mass is 35.5. The highest BCUT2D eigenvalue weighted by Gasteiger charge is 2.37. The summed E-state index contributed by atoms with van der Waals surface area (Å²) in [6.07, 6.45) is 7.67. The predicted molar refractivity (Wildman–Crippen MR) is 143 cm³/mol. The number of aromatic nitrogens is 2. The zero-order chi connectivity index (χ0) is 24.3. The first-order valence-electron chi connectivity index (χ1n) is 12.0. The average molecular weight is 485 g/mol. The molecule has 1 fully saturated rings. The lowest BCUT2D eigenvalue weighted by atomic mass is 9.77. The van der Waals surface area contributed by atoms with E-state index < -0.39 is 5.66 Å². The number of nitrogens with two attached hydrogens (primary N) is 2. The highest BCUT2D eigenvalue weighted by Crippen LogP contribution is 2.39. The third-order valence-corrected chi connectivity index (χ3v) is 6.84. The first-order valence-corrected chi connectivity index (χ1v) is 12.4. The predicted octanol–water partition coefficient (Wildman–Crippen LogP) is 6.30. The van der Waals surface area contributed by atoms with Gasteiger partial charge >= 0.3 is 0 Å². The van der Waals surface area contributed by atoms with E-state index in [1.54, 1.807) is 0 Å². The zero-order valence-electron chi connectivity index (χ0n) is 19.5. The van der Waals surface area contributed by atoms with Gasteiger partial charge < -0.3 is 16.2 Å². The maximum Gasteiger partial charge on any atom is 0.152 e. The number of rotatable bonds is 6. The Morgan fingerprint density at radius 1 is 0.943 bits per heavy atom. The minimum atomic E-state index is -0.808. The molecule has 1 saturated carbocycles. The van der Waals surface area contributed by atoms with Crippen molar-refractivity contribution in [3.05, 3.63) is 100 Å². The number of nitrogens with zero attached hydrogens (tertiary/aromatic N) is 2. The SMILES string of the molecule is NC1(N)CCCCC1c1nc(C=Cc2ccc(Cl)cc2)nc2ccc(OCc3ccccc3)cc12. The lowest BCUT2D eigenvalue weighted by molar-refractivity contribution is 0.256. The van der Waals surface area contributed by atoms with E-state index in [-0.39, 0.29) is 5.92 Å². The number of fused-ring (bicyclic) bond motifs is 1. The van der Waals surface area contributed by atoms with E-state index in [2.05, 4.69) is 0 Å². The van der Waals surface area contributed by atoms with Crippen LogP contribution in [0.5, 0.6) is 5.75 Å². The van der Waals surface area contributed by atoms with Gasteiger partial charge in [0.05, 0.1) is 16.9 Å². The van der Waals surface area contributed by atoms with Crippen LogP contribution in [0.2, 0.25) is 5.02 Å². The van der Waals surface area contributed by atoms with Crippen molar-refractivity contribution in [2.45, 2.75) is 43.9 Å². The van der Waals surface area contributed by atoms with E-state index in [0.29, 0.717) is 17.5 Å². The molecular formula is C29H29ClN4O. The van der Waals surface area contributed by atoms with Gasteiger partial charge in [-0.3, -0.25) is 0 Å². The molecular weight excluding hydrogens is 456 g/mol. The largest absolute Gasteiger partial charge is 0.489 e. The molecule has 1 atom stereocenters. The summed E-state index contributed by atoms with van der Waals surface area (Å²) in [5.74, 6) is 1.33. The topological polar surface area (TPSA) is 87.1 Å². The molecule has 0 spiro atoms. The van der Waals surface area contributed by atoms with Crippen molar-refractivity contribution >= 4 is 34.7 Å². The summed E-state index contributed by atoms with van der Waals surface area (Å²) in [4.78, 5) is 9.78. The molecule has 3 aromatic carbocycles. The Kier molecular flexibility index (Phi) is 6.82. The monoisotopic (exact) mass is 484 g/mol. The maximum absolute atomic E-state index is 6.60. The van der Waals surface area contributed by atoms with Crippen molar-refractivity contribution < 1.29 is 4.74 Å². The lowest BCUT2D eigenvalue weighted by Crippen LogP contribution is -2.56. The fourth-order valence-corrected chi connectivity index (χ4v) is 4.81. The van der Waals surface area contributed by atoms with Gasteiger partial charge in [-0.25, -0.2) is 9.97 Å². The fraction of sp³-hybridized carbons (Fsp3) is 0.241. The number of ether oxygens (including phenoxy) is 1. The molecule has 178 valence electrons. The number of benzene rings is 3. The molecule has 5 nitrogen and oxygen atoms in total. The maximum atomic E-state index is 6.60. The van der Waals surface area contributed by atoms with E-state index in [4.69, 9.17) is 37.8 Å². The molecule has 1 aliphatic rings. The van der Waals surface area contributed by atoms with Crippen LogP contribution in [0.15, 0.2) is 72.8 Å². The second-order valence-electron chi connectivity index (χ2n) is 9.22. The van der Waals surface area contributed by atoms with Gasteiger partial charge in [0.25, 0.3) is 0 Å². The second kappa shape index (κ2) is 10.2. The van der Waals surface area contributed by atoms with Crippen molar-refractivity contribution in [1.82, 2.24) is 9.97 Å². The normalized spacial score (nSPS) is 17.6. The smallest absolute Gasteiger partial charge is 0.152 e. The molecule has 6 heteroatoms. The molecule has 0 radical (unpaired) electrons. The van der Waals surface area contributed by atoms with Gasteiger partial charge in [-0.2, -0.15) is 0 Å². The van der Waals surface area contributed by atoms with E-state index in [9.17, 15) is 0 Å². The summed E-state index contributed by atoms with van der Waals surface area (Å²) < 4.78 is 6.10. The molecule has 35 heavy (non-hydrogen) atoms. The van der Waals surface area contributed by atoms with Gasteiger partial charge in [-0.15, -0.1) is 0 Å². The van der Waals surface area contributed by atoms with Gasteiger partial charge in [-0.1, -0.05) is 73.0 Å². The van der Waals surface area contributed by atoms with Crippen LogP contribution in [0.4, 0.5) is 0 Å². The van der Waals surface area contributed by atoms with Crippen molar-refractivity contribution in [2.24, 2.45) is 11.5 Å². The first kappa shape index (κ1) is 23.5. The van der Waals surface area contributed by atoms with Crippen LogP contribution in [-0.2, 0) is 6.61 Å². The molecule has 4 N–H and O–H groups in total. The van der Waals surface area contributed by atoms with E-state index in [0.717, 1.165) is 59.2 Å². The molecule has 1 aromatic heterocycles. The fourth-order valence-electron chi connectivity index (χ4n) is 4.68. The van der Waals surface area contributed by atoms with Gasteiger partial charge in [0.15, 0.2) is 5.82 Å². The third-order valence-electron chi connectivity index (χ3n) is 6.59. The van der Waals surface area contributed by atoms with Gasteiger partial charge in [0.1, 0.15) is 12.4 Å². The minimum absolute atomic E-state index is 0.0613. The van der Waals surface area contributed by atoms with Gasteiger partial charge in [0.2, 0.25) is 0 Å². The Morgan fingerprint density at radius 2 is 1.74 bits per heavy atom. The summed E-state index contributed by atoms with van der Waals surface area (Å²) in [7, 11) is 0. The van der Waals surface area contributed by atoms with Crippen LogP contribution in [0.3, 0.4) is 0 Å². The molecule has 0 amide bonds. The Morgan fingerprint density at radius 3 is 2.51 bits per heavy atom. The standard InChI is InChI=1S/C29H29ClN4O/c30-22-12-9-20(10-13-22)11-16-27-33-26-15-14-23(35-19-21-6-2-1-3-7-21)18-24(26)28(34-27)25-8-4-5-17-29(25,31)32/h1-3,6-7,9-16,18,25H,4-5,8,17,19,31-32H2. The third kappa shape index (κ3) is 5.54. The van der Waals surface area contributed by atoms with Crippen LogP contribution in [0.1, 0.15) is 54.2 Å². The molecule has 4 aromatic rings. The van der Waals surface area contributed by atoms with Crippen LogP contribution < -0.4 is 16.2 Å². The van der Waals surface area contributed by atoms with E-state index in [1.807, 2.05) is 84.9 Å². The first-order chi connectivity index (χ1) is 17.0. The van der Waals surface area contributed by atoms with Gasteiger partial charge in [-0.05, 0) is 60.4 Å². The quantitative estimate of drug-likeness (QED) is 0.313. The number of halogens is 1. The second-order valence-corrected chi connectivity index (χ2v) is 9.65. The number of hydrogen-bond donors (Lipinski definition) is 2. The van der Waals surface area contributed by atoms with Crippen molar-refractivity contribution in [2.75, 3.05) is 0 Å². The summed E-state index contributed by atoms with van der Waals surface area (Å²) in [6.45, 7) is 0.492. The molecule has 1 heterocycles. The average Bonchev–Trinajstić information content (AvgIpc) is 2.87. The molecule has 0 aliphatic heterocycles. The Hall–Kier alpha value is -3.25. The molecule has 0 saturated heterocycles. The highest BCUT2D eigenvalue weighted by molar-refractivity contribution is 6.30. The van der Waals surface area contributed by atoms with Crippen molar-refractivity contribution in [1.29, 1.82) is 0 Å². The summed E-state index contributed by atoms with van der Waals surface area (Å²) in [5.41, 5.74) is 16.3. The Bertz CT molecular complexity index is 1340. The van der Waals surface area contributed by atoms with Crippen molar-refractivity contribution in [3.8, 4) is 5.75 Å². The van der Waals surface area contributed by atoms with Crippen LogP contribution in [-0.4, -0.2) is 15.6 Å². The van der Waals surface area contributed by atoms with Crippen LogP contribution >= 0.6 is 11.6 Å². The molecule has 0 bridgehead atoms. The summed E-state index contributed by atoms with van der Waals surface area (Å²) in [6, 6.07) is 23.7. The molecule has 1 unspecified atom stereocenters. The summed E-state index contributed by atoms with van der Waals surface area (Å²) in [5, 5.41) is 1.64. The van der Waals surface area contributed by atoms with E-state index >= 15 is 0 Å². The zero-order valence-corrected chi connectivity index (χ0v) is 20.3. The minimum Gasteiger partial charge on any atom is -0.489 e. The Balaban J connectivity index is 1.53. The van der Waals surface area contributed by atoms with Crippen LogP contribution in [0, 0.1) is 0 Å². The molecule has 5 rings (SSSR count). The van der Waals surface area contributed by atoms with Crippen LogP contribution in [0.25, 0.3) is 23.1 Å². The number of hydrogen-bond acceptors (Lipinski definition) is 5.